The molecule has 0 amide bonds. The molecule has 2 rings (SSSR count). The largest absolute Gasteiger partial charge is 0.504 e. The number of hydrogen-bond donors (Lipinski definition) is 3. The summed E-state index contributed by atoms with van der Waals surface area (Å²) in [5.41, 5.74) is 6.15. The summed E-state index contributed by atoms with van der Waals surface area (Å²) < 4.78 is 0. The fourth-order valence-corrected chi connectivity index (χ4v) is 2.72. The van der Waals surface area contributed by atoms with Crippen LogP contribution in [0.1, 0.15) is 43.7 Å². The van der Waals surface area contributed by atoms with Crippen LogP contribution in [0.4, 0.5) is 5.69 Å². The van der Waals surface area contributed by atoms with Gasteiger partial charge in [0.1, 0.15) is 0 Å². The predicted molar refractivity (Wildman–Crippen MR) is 77.2 cm³/mol. The normalized spacial score (nSPS) is 17.2. The molecular formula is C13H19ClN2O4. The molecule has 0 radical (unpaired) electrons. The number of nitro groups is 1. The lowest BCUT2D eigenvalue weighted by Gasteiger charge is -2.27. The molecule has 1 atom stereocenters. The number of phenols is 2. The highest BCUT2D eigenvalue weighted by atomic mass is 35.5. The topological polar surface area (TPSA) is 110 Å². The number of benzene rings is 1. The fraction of sp³-hybridized carbons (Fsp3) is 0.538. The van der Waals surface area contributed by atoms with Crippen molar-refractivity contribution in [2.75, 3.05) is 0 Å². The third kappa shape index (κ3) is 3.32. The van der Waals surface area contributed by atoms with Gasteiger partial charge in [0.2, 0.25) is 5.75 Å². The van der Waals surface area contributed by atoms with E-state index in [1.165, 1.54) is 18.6 Å². The van der Waals surface area contributed by atoms with Crippen LogP contribution in [0.2, 0.25) is 0 Å². The quantitative estimate of drug-likeness (QED) is 0.451. The first kappa shape index (κ1) is 16.5. The smallest absolute Gasteiger partial charge is 0.314 e. The average molecular weight is 303 g/mol. The van der Waals surface area contributed by atoms with E-state index in [1.807, 2.05) is 0 Å². The van der Waals surface area contributed by atoms with E-state index in [-0.39, 0.29) is 24.4 Å². The molecule has 1 fully saturated rings. The van der Waals surface area contributed by atoms with Gasteiger partial charge in [0.25, 0.3) is 0 Å². The molecule has 1 aromatic rings. The lowest BCUT2D eigenvalue weighted by atomic mass is 9.81. The van der Waals surface area contributed by atoms with Crippen LogP contribution in [0, 0.1) is 16.0 Å². The summed E-state index contributed by atoms with van der Waals surface area (Å²) in [7, 11) is 0. The van der Waals surface area contributed by atoms with Crippen molar-refractivity contribution < 1.29 is 15.1 Å². The predicted octanol–water partition coefficient (Wildman–Crippen LogP) is 3.01. The van der Waals surface area contributed by atoms with Gasteiger partial charge in [0, 0.05) is 12.1 Å². The minimum atomic E-state index is -0.716. The van der Waals surface area contributed by atoms with Gasteiger partial charge in [0.05, 0.1) is 4.92 Å². The summed E-state index contributed by atoms with van der Waals surface area (Å²) in [4.78, 5) is 10.1. The first-order valence-electron chi connectivity index (χ1n) is 6.46. The molecule has 1 aliphatic rings. The van der Waals surface area contributed by atoms with Crippen molar-refractivity contribution in [2.24, 2.45) is 11.7 Å². The number of rotatable bonds is 3. The molecule has 0 saturated heterocycles. The lowest BCUT2D eigenvalue weighted by Crippen LogP contribution is -2.23. The van der Waals surface area contributed by atoms with Crippen molar-refractivity contribution >= 4 is 18.1 Å². The first-order chi connectivity index (χ1) is 9.00. The Kier molecular flexibility index (Phi) is 5.59. The number of nitrogens with two attached hydrogens (primary N) is 1. The zero-order valence-corrected chi connectivity index (χ0v) is 11.8. The Morgan fingerprint density at radius 3 is 2.40 bits per heavy atom. The second-order valence-corrected chi connectivity index (χ2v) is 5.09. The molecule has 1 aliphatic carbocycles. The van der Waals surface area contributed by atoms with Crippen LogP contribution < -0.4 is 5.73 Å². The molecule has 6 nitrogen and oxygen atoms in total. The third-order valence-corrected chi connectivity index (χ3v) is 3.83. The molecule has 0 aliphatic heterocycles. The number of nitro benzene ring substituents is 1. The van der Waals surface area contributed by atoms with Crippen molar-refractivity contribution in [3.8, 4) is 11.5 Å². The molecule has 7 heteroatoms. The molecule has 0 spiro atoms. The van der Waals surface area contributed by atoms with Crippen LogP contribution in [0.25, 0.3) is 0 Å². The van der Waals surface area contributed by atoms with Crippen LogP contribution in [-0.4, -0.2) is 15.1 Å². The molecule has 4 N–H and O–H groups in total. The Labute approximate surface area is 123 Å². The van der Waals surface area contributed by atoms with Crippen LogP contribution >= 0.6 is 12.4 Å². The van der Waals surface area contributed by atoms with Crippen molar-refractivity contribution in [1.29, 1.82) is 0 Å². The van der Waals surface area contributed by atoms with E-state index in [0.717, 1.165) is 25.7 Å². The molecule has 0 bridgehead atoms. The summed E-state index contributed by atoms with van der Waals surface area (Å²) in [5.74, 6) is -0.919. The second-order valence-electron chi connectivity index (χ2n) is 5.09. The van der Waals surface area contributed by atoms with Gasteiger partial charge in [-0.15, -0.1) is 12.4 Å². The van der Waals surface area contributed by atoms with E-state index < -0.39 is 22.1 Å². The van der Waals surface area contributed by atoms with Crippen LogP contribution in [0.5, 0.6) is 11.5 Å². The Morgan fingerprint density at radius 1 is 1.25 bits per heavy atom. The van der Waals surface area contributed by atoms with Crippen molar-refractivity contribution in [3.05, 3.63) is 27.8 Å². The highest BCUT2D eigenvalue weighted by Crippen LogP contribution is 2.40. The molecule has 0 heterocycles. The van der Waals surface area contributed by atoms with E-state index in [1.54, 1.807) is 0 Å². The van der Waals surface area contributed by atoms with Gasteiger partial charge in [-0.05, 0) is 30.4 Å². The van der Waals surface area contributed by atoms with E-state index in [4.69, 9.17) is 5.73 Å². The zero-order chi connectivity index (χ0) is 14.0. The third-order valence-electron chi connectivity index (χ3n) is 3.83. The van der Waals surface area contributed by atoms with E-state index >= 15 is 0 Å². The van der Waals surface area contributed by atoms with Gasteiger partial charge in [0.15, 0.2) is 5.75 Å². The maximum Gasteiger partial charge on any atom is 0.314 e. The fourth-order valence-electron chi connectivity index (χ4n) is 2.72. The maximum atomic E-state index is 10.8. The minimum absolute atomic E-state index is 0. The summed E-state index contributed by atoms with van der Waals surface area (Å²) in [5, 5.41) is 29.8. The first-order valence-corrected chi connectivity index (χ1v) is 6.46. The van der Waals surface area contributed by atoms with E-state index in [2.05, 4.69) is 0 Å². The van der Waals surface area contributed by atoms with Gasteiger partial charge in [-0.1, -0.05) is 19.3 Å². The number of nitrogens with zero attached hydrogens (tertiary/aromatic N) is 1. The van der Waals surface area contributed by atoms with Crippen molar-refractivity contribution in [1.82, 2.24) is 0 Å². The average Bonchev–Trinajstić information content (AvgIpc) is 2.41. The monoisotopic (exact) mass is 302 g/mol. The van der Waals surface area contributed by atoms with Crippen LogP contribution in [0.15, 0.2) is 12.1 Å². The second kappa shape index (κ2) is 6.76. The van der Waals surface area contributed by atoms with Crippen molar-refractivity contribution in [3.63, 3.8) is 0 Å². The van der Waals surface area contributed by atoms with Gasteiger partial charge in [-0.3, -0.25) is 10.1 Å². The van der Waals surface area contributed by atoms with Crippen LogP contribution in [-0.2, 0) is 0 Å². The van der Waals surface area contributed by atoms with Crippen molar-refractivity contribution in [2.45, 2.75) is 38.1 Å². The molecule has 1 aromatic carbocycles. The Morgan fingerprint density at radius 2 is 1.85 bits per heavy atom. The zero-order valence-electron chi connectivity index (χ0n) is 11.0. The summed E-state index contributed by atoms with van der Waals surface area (Å²) in [6.07, 6.45) is 5.42. The number of phenolic OH excluding ortho intramolecular Hbond substituents is 2. The van der Waals surface area contributed by atoms with Gasteiger partial charge in [-0.25, -0.2) is 0 Å². The summed E-state index contributed by atoms with van der Waals surface area (Å²) >= 11 is 0. The minimum Gasteiger partial charge on any atom is -0.504 e. The van der Waals surface area contributed by atoms with E-state index in [0.29, 0.717) is 5.56 Å². The van der Waals surface area contributed by atoms with Gasteiger partial charge >= 0.3 is 5.69 Å². The summed E-state index contributed by atoms with van der Waals surface area (Å²) in [6, 6.07) is 2.24. The van der Waals surface area contributed by atoms with E-state index in [9.17, 15) is 20.3 Å². The molecule has 20 heavy (non-hydrogen) atoms. The number of aromatic hydroxyl groups is 2. The Hall–Kier alpha value is -1.53. The lowest BCUT2D eigenvalue weighted by molar-refractivity contribution is -0.386. The molecule has 0 aromatic heterocycles. The van der Waals surface area contributed by atoms with Crippen LogP contribution in [0.3, 0.4) is 0 Å². The standard InChI is InChI=1S/C13H18N2O4.ClH/c14-12(8-4-2-1-3-5-8)9-6-10(15(18)19)13(17)11(16)7-9;/h6-8,12,16-17H,1-5,14H2;1H/t12-;/m1./s1. The number of halogens is 1. The molecule has 0 unspecified atom stereocenters. The highest BCUT2D eigenvalue weighted by molar-refractivity contribution is 5.85. The SMILES string of the molecule is Cl.N[C@@H](c1cc(O)c(O)c([N+](=O)[O-])c1)C1CCCCC1. The van der Waals surface area contributed by atoms with Gasteiger partial charge < -0.3 is 15.9 Å². The molecular weight excluding hydrogens is 284 g/mol. The summed E-state index contributed by atoms with van der Waals surface area (Å²) in [6.45, 7) is 0. The molecule has 112 valence electrons. The number of hydrogen-bond acceptors (Lipinski definition) is 5. The highest BCUT2D eigenvalue weighted by Gasteiger charge is 2.26. The Bertz CT molecular complexity index is 490. The van der Waals surface area contributed by atoms with Gasteiger partial charge in [-0.2, -0.15) is 0 Å². The molecule has 1 saturated carbocycles. The maximum absolute atomic E-state index is 10.8. The Balaban J connectivity index is 0.00000200.